The minimum atomic E-state index is -0.198. The number of carbonyl (C=O) groups is 1. The number of nitrogens with one attached hydrogen (secondary N) is 2. The van der Waals surface area contributed by atoms with Crippen LogP contribution in [0.2, 0.25) is 0 Å². The second kappa shape index (κ2) is 6.89. The summed E-state index contributed by atoms with van der Waals surface area (Å²) in [6, 6.07) is 8.32. The molecule has 1 amide bonds. The molecule has 0 saturated carbocycles. The lowest BCUT2D eigenvalue weighted by atomic mass is 9.76. The second-order valence-corrected chi connectivity index (χ2v) is 5.98. The van der Waals surface area contributed by atoms with E-state index in [0.29, 0.717) is 6.54 Å². The molecular weight excluding hydrogens is 248 g/mol. The lowest BCUT2D eigenvalue weighted by molar-refractivity contribution is -0.132. The normalized spacial score (nSPS) is 22.5. The Bertz CT molecular complexity index is 445. The molecule has 0 spiro atoms. The van der Waals surface area contributed by atoms with Crippen LogP contribution >= 0.6 is 0 Å². The second-order valence-electron chi connectivity index (χ2n) is 5.98. The van der Waals surface area contributed by atoms with Crippen molar-refractivity contribution in [2.24, 2.45) is 5.41 Å². The zero-order valence-electron chi connectivity index (χ0n) is 12.7. The summed E-state index contributed by atoms with van der Waals surface area (Å²) in [4.78, 5) is 12.6. The van der Waals surface area contributed by atoms with Crippen LogP contribution in [0.1, 0.15) is 43.7 Å². The van der Waals surface area contributed by atoms with Gasteiger partial charge in [-0.15, -0.1) is 0 Å². The summed E-state index contributed by atoms with van der Waals surface area (Å²) in [6.45, 7) is 6.72. The first-order chi connectivity index (χ1) is 9.66. The molecule has 1 fully saturated rings. The molecule has 1 atom stereocenters. The quantitative estimate of drug-likeness (QED) is 0.867. The van der Waals surface area contributed by atoms with E-state index < -0.39 is 0 Å². The fourth-order valence-corrected chi connectivity index (χ4v) is 3.16. The van der Waals surface area contributed by atoms with Gasteiger partial charge in [-0.2, -0.15) is 0 Å². The molecule has 3 nitrogen and oxygen atoms in total. The first-order valence-electron chi connectivity index (χ1n) is 7.71. The summed E-state index contributed by atoms with van der Waals surface area (Å²) in [5.74, 6) is 0.216. The molecule has 3 heteroatoms. The number of amides is 1. The SMILES string of the molecule is CCCC1(C(=O)NCc2cccc(C)c2)CCCNC1. The molecule has 1 aliphatic rings. The van der Waals surface area contributed by atoms with E-state index in [9.17, 15) is 4.79 Å². The zero-order valence-corrected chi connectivity index (χ0v) is 12.7. The summed E-state index contributed by atoms with van der Waals surface area (Å²) >= 11 is 0. The predicted molar refractivity (Wildman–Crippen MR) is 82.5 cm³/mol. The van der Waals surface area contributed by atoms with Crippen LogP contribution in [0.4, 0.5) is 0 Å². The highest BCUT2D eigenvalue weighted by atomic mass is 16.2. The van der Waals surface area contributed by atoms with E-state index in [1.807, 2.05) is 6.07 Å². The van der Waals surface area contributed by atoms with Crippen molar-refractivity contribution in [1.82, 2.24) is 10.6 Å². The van der Waals surface area contributed by atoms with E-state index in [-0.39, 0.29) is 11.3 Å². The van der Waals surface area contributed by atoms with Crippen LogP contribution in [0.5, 0.6) is 0 Å². The summed E-state index contributed by atoms with van der Waals surface area (Å²) in [5, 5.41) is 6.53. The molecule has 20 heavy (non-hydrogen) atoms. The van der Waals surface area contributed by atoms with Crippen molar-refractivity contribution >= 4 is 5.91 Å². The maximum Gasteiger partial charge on any atom is 0.227 e. The van der Waals surface area contributed by atoms with E-state index in [1.165, 1.54) is 11.1 Å². The molecule has 0 aromatic heterocycles. The Kier molecular flexibility index (Phi) is 5.18. The zero-order chi connectivity index (χ0) is 14.4. The molecule has 0 bridgehead atoms. The number of rotatable bonds is 5. The molecule has 1 heterocycles. The minimum absolute atomic E-state index is 0.198. The molecule has 1 saturated heterocycles. The Morgan fingerprint density at radius 2 is 2.30 bits per heavy atom. The summed E-state index contributed by atoms with van der Waals surface area (Å²) in [5.41, 5.74) is 2.21. The van der Waals surface area contributed by atoms with Crippen molar-refractivity contribution in [2.75, 3.05) is 13.1 Å². The standard InChI is InChI=1S/C17H26N2O/c1-3-8-17(9-5-10-18-13-17)16(20)19-12-15-7-4-6-14(2)11-15/h4,6-7,11,18H,3,5,8-10,12-13H2,1-2H3,(H,19,20). The number of piperidine rings is 1. The van der Waals surface area contributed by atoms with Crippen molar-refractivity contribution in [2.45, 2.75) is 46.1 Å². The van der Waals surface area contributed by atoms with Gasteiger partial charge in [-0.05, 0) is 38.3 Å². The smallest absolute Gasteiger partial charge is 0.227 e. The van der Waals surface area contributed by atoms with Gasteiger partial charge in [0.25, 0.3) is 0 Å². The number of carbonyl (C=O) groups excluding carboxylic acids is 1. The molecule has 110 valence electrons. The lowest BCUT2D eigenvalue weighted by Gasteiger charge is -2.36. The Morgan fingerprint density at radius 1 is 1.45 bits per heavy atom. The van der Waals surface area contributed by atoms with Gasteiger partial charge >= 0.3 is 0 Å². The average molecular weight is 274 g/mol. The van der Waals surface area contributed by atoms with Crippen molar-refractivity contribution in [3.63, 3.8) is 0 Å². The Morgan fingerprint density at radius 3 is 2.95 bits per heavy atom. The molecule has 1 aliphatic heterocycles. The monoisotopic (exact) mass is 274 g/mol. The van der Waals surface area contributed by atoms with E-state index in [1.54, 1.807) is 0 Å². The first kappa shape index (κ1) is 15.0. The number of benzene rings is 1. The van der Waals surface area contributed by atoms with E-state index in [2.05, 4.69) is 42.7 Å². The number of hydrogen-bond donors (Lipinski definition) is 2. The average Bonchev–Trinajstić information content (AvgIpc) is 2.46. The Balaban J connectivity index is 1.98. The predicted octanol–water partition coefficient (Wildman–Crippen LogP) is 2.78. The summed E-state index contributed by atoms with van der Waals surface area (Å²) in [6.07, 6.45) is 4.13. The van der Waals surface area contributed by atoms with Gasteiger partial charge in [0.15, 0.2) is 0 Å². The van der Waals surface area contributed by atoms with Crippen molar-refractivity contribution in [3.05, 3.63) is 35.4 Å². The minimum Gasteiger partial charge on any atom is -0.352 e. The molecule has 0 radical (unpaired) electrons. The van der Waals surface area contributed by atoms with Gasteiger partial charge in [0.1, 0.15) is 0 Å². The van der Waals surface area contributed by atoms with Crippen molar-refractivity contribution in [3.8, 4) is 0 Å². The van der Waals surface area contributed by atoms with Gasteiger partial charge in [0.2, 0.25) is 5.91 Å². The highest BCUT2D eigenvalue weighted by Gasteiger charge is 2.38. The number of aryl methyl sites for hydroxylation is 1. The summed E-state index contributed by atoms with van der Waals surface area (Å²) < 4.78 is 0. The van der Waals surface area contributed by atoms with Crippen LogP contribution in [0.15, 0.2) is 24.3 Å². The van der Waals surface area contributed by atoms with Crippen LogP contribution in [0.3, 0.4) is 0 Å². The third-order valence-corrected chi connectivity index (χ3v) is 4.22. The molecule has 0 aliphatic carbocycles. The number of hydrogen-bond acceptors (Lipinski definition) is 2. The van der Waals surface area contributed by atoms with E-state index in [0.717, 1.165) is 38.8 Å². The van der Waals surface area contributed by atoms with Gasteiger partial charge in [0.05, 0.1) is 5.41 Å². The summed E-state index contributed by atoms with van der Waals surface area (Å²) in [7, 11) is 0. The van der Waals surface area contributed by atoms with Crippen LogP contribution in [0.25, 0.3) is 0 Å². The topological polar surface area (TPSA) is 41.1 Å². The fraction of sp³-hybridized carbons (Fsp3) is 0.588. The van der Waals surface area contributed by atoms with E-state index >= 15 is 0 Å². The van der Waals surface area contributed by atoms with Crippen LogP contribution < -0.4 is 10.6 Å². The van der Waals surface area contributed by atoms with Gasteiger partial charge in [-0.25, -0.2) is 0 Å². The highest BCUT2D eigenvalue weighted by Crippen LogP contribution is 2.31. The third kappa shape index (κ3) is 3.60. The van der Waals surface area contributed by atoms with Gasteiger partial charge in [0, 0.05) is 13.1 Å². The maximum atomic E-state index is 12.6. The Hall–Kier alpha value is -1.35. The molecule has 2 rings (SSSR count). The van der Waals surface area contributed by atoms with E-state index in [4.69, 9.17) is 0 Å². The van der Waals surface area contributed by atoms with Crippen LogP contribution in [-0.4, -0.2) is 19.0 Å². The van der Waals surface area contributed by atoms with Gasteiger partial charge < -0.3 is 10.6 Å². The highest BCUT2D eigenvalue weighted by molar-refractivity contribution is 5.83. The third-order valence-electron chi connectivity index (χ3n) is 4.22. The molecule has 1 unspecified atom stereocenters. The van der Waals surface area contributed by atoms with Crippen LogP contribution in [0, 0.1) is 12.3 Å². The lowest BCUT2D eigenvalue weighted by Crippen LogP contribution is -2.50. The van der Waals surface area contributed by atoms with Crippen molar-refractivity contribution < 1.29 is 4.79 Å². The largest absolute Gasteiger partial charge is 0.352 e. The Labute approximate surface area is 122 Å². The molecule has 2 N–H and O–H groups in total. The first-order valence-corrected chi connectivity index (χ1v) is 7.71. The molecule has 1 aromatic carbocycles. The molecule has 1 aromatic rings. The maximum absolute atomic E-state index is 12.6. The fourth-order valence-electron chi connectivity index (χ4n) is 3.16. The van der Waals surface area contributed by atoms with Gasteiger partial charge in [-0.3, -0.25) is 4.79 Å². The van der Waals surface area contributed by atoms with Crippen molar-refractivity contribution in [1.29, 1.82) is 0 Å². The van der Waals surface area contributed by atoms with Gasteiger partial charge in [-0.1, -0.05) is 43.2 Å². The van der Waals surface area contributed by atoms with Crippen LogP contribution in [-0.2, 0) is 11.3 Å². The molecular formula is C17H26N2O.